The second-order valence-corrected chi connectivity index (χ2v) is 5.54. The van der Waals surface area contributed by atoms with E-state index in [9.17, 15) is 5.11 Å². The van der Waals surface area contributed by atoms with E-state index in [0.717, 1.165) is 18.4 Å². The molecule has 1 aromatic carbocycles. The van der Waals surface area contributed by atoms with Crippen molar-refractivity contribution >= 4 is 21.4 Å². The van der Waals surface area contributed by atoms with E-state index in [-0.39, 0.29) is 0 Å². The van der Waals surface area contributed by atoms with Crippen LogP contribution in [-0.2, 0) is 5.60 Å². The Hall–Kier alpha value is -0.860. The third kappa shape index (κ3) is 1.48. The van der Waals surface area contributed by atoms with Gasteiger partial charge in [-0.3, -0.25) is 0 Å². The summed E-state index contributed by atoms with van der Waals surface area (Å²) in [6.07, 6.45) is 2.32. The van der Waals surface area contributed by atoms with Crippen LogP contribution >= 0.6 is 11.3 Å². The maximum Gasteiger partial charge on any atom is 0.0896 e. The molecule has 1 unspecified atom stereocenters. The lowest BCUT2D eigenvalue weighted by Gasteiger charge is -2.23. The van der Waals surface area contributed by atoms with Crippen molar-refractivity contribution in [3.8, 4) is 0 Å². The molecule has 0 aliphatic heterocycles. The standard InChI is InChI=1S/C13H14OS/c1-13(14,10-2-3-10)11-4-5-12-9(8-11)6-7-15-12/h4-8,10,14H,2-3H2,1H3. The van der Waals surface area contributed by atoms with Gasteiger partial charge in [-0.05, 0) is 60.2 Å². The minimum absolute atomic E-state index is 0.466. The van der Waals surface area contributed by atoms with Crippen molar-refractivity contribution in [3.63, 3.8) is 0 Å². The first-order valence-corrected chi connectivity index (χ1v) is 6.26. The summed E-state index contributed by atoms with van der Waals surface area (Å²) in [7, 11) is 0. The molecule has 0 bridgehead atoms. The molecule has 0 radical (unpaired) electrons. The molecule has 78 valence electrons. The van der Waals surface area contributed by atoms with Crippen LogP contribution in [0.25, 0.3) is 10.1 Å². The van der Waals surface area contributed by atoms with Crippen LogP contribution in [0.1, 0.15) is 25.3 Å². The van der Waals surface area contributed by atoms with Crippen LogP contribution in [-0.4, -0.2) is 5.11 Å². The van der Waals surface area contributed by atoms with Gasteiger partial charge in [-0.1, -0.05) is 6.07 Å². The van der Waals surface area contributed by atoms with Crippen molar-refractivity contribution in [3.05, 3.63) is 35.2 Å². The Morgan fingerprint density at radius 2 is 2.13 bits per heavy atom. The molecule has 1 atom stereocenters. The summed E-state index contributed by atoms with van der Waals surface area (Å²) in [5.74, 6) is 0.466. The van der Waals surface area contributed by atoms with Crippen LogP contribution in [0, 0.1) is 5.92 Å². The third-order valence-electron chi connectivity index (χ3n) is 3.41. The van der Waals surface area contributed by atoms with Gasteiger partial charge in [0.15, 0.2) is 0 Å². The predicted octanol–water partition coefficient (Wildman–Crippen LogP) is 3.52. The van der Waals surface area contributed by atoms with E-state index in [1.807, 2.05) is 6.92 Å². The molecule has 1 aliphatic carbocycles. The average molecular weight is 218 g/mol. The first-order valence-electron chi connectivity index (χ1n) is 5.38. The SMILES string of the molecule is CC(O)(c1ccc2sccc2c1)C1CC1. The summed E-state index contributed by atoms with van der Waals surface area (Å²) in [6.45, 7) is 1.94. The highest BCUT2D eigenvalue weighted by Gasteiger charge is 2.41. The van der Waals surface area contributed by atoms with Crippen LogP contribution in [0.4, 0.5) is 0 Å². The molecule has 0 amide bonds. The van der Waals surface area contributed by atoms with Crippen LogP contribution in [0.3, 0.4) is 0 Å². The lowest BCUT2D eigenvalue weighted by molar-refractivity contribution is 0.0332. The zero-order valence-corrected chi connectivity index (χ0v) is 9.55. The molecule has 3 rings (SSSR count). The van der Waals surface area contributed by atoms with Gasteiger partial charge in [0, 0.05) is 4.70 Å². The molecular formula is C13H14OS. The zero-order valence-electron chi connectivity index (χ0n) is 8.73. The molecule has 1 aliphatic rings. The number of aliphatic hydroxyl groups is 1. The fraction of sp³-hybridized carbons (Fsp3) is 0.385. The highest BCUT2D eigenvalue weighted by atomic mass is 32.1. The van der Waals surface area contributed by atoms with Gasteiger partial charge in [0.2, 0.25) is 0 Å². The van der Waals surface area contributed by atoms with Crippen molar-refractivity contribution in [1.29, 1.82) is 0 Å². The number of hydrogen-bond acceptors (Lipinski definition) is 2. The van der Waals surface area contributed by atoms with E-state index in [2.05, 4.69) is 29.6 Å². The molecule has 2 aromatic rings. The summed E-state index contributed by atoms with van der Waals surface area (Å²) in [5.41, 5.74) is 0.437. The van der Waals surface area contributed by atoms with Gasteiger partial charge in [-0.15, -0.1) is 11.3 Å². The van der Waals surface area contributed by atoms with Crippen LogP contribution in [0.15, 0.2) is 29.6 Å². The molecule has 15 heavy (non-hydrogen) atoms. The third-order valence-corrected chi connectivity index (χ3v) is 4.31. The van der Waals surface area contributed by atoms with Crippen molar-refractivity contribution in [2.45, 2.75) is 25.4 Å². The molecule has 1 saturated carbocycles. The molecule has 1 nitrogen and oxygen atoms in total. The Kier molecular flexibility index (Phi) is 1.91. The highest BCUT2D eigenvalue weighted by molar-refractivity contribution is 7.17. The van der Waals surface area contributed by atoms with E-state index in [0.29, 0.717) is 5.92 Å². The quantitative estimate of drug-likeness (QED) is 0.817. The van der Waals surface area contributed by atoms with E-state index >= 15 is 0 Å². The van der Waals surface area contributed by atoms with Crippen molar-refractivity contribution in [2.24, 2.45) is 5.92 Å². The molecule has 1 heterocycles. The zero-order chi connectivity index (χ0) is 10.5. The normalized spacial score (nSPS) is 20.4. The number of hydrogen-bond donors (Lipinski definition) is 1. The predicted molar refractivity (Wildman–Crippen MR) is 64.1 cm³/mol. The monoisotopic (exact) mass is 218 g/mol. The summed E-state index contributed by atoms with van der Waals surface area (Å²) < 4.78 is 1.30. The van der Waals surface area contributed by atoms with Gasteiger partial charge in [-0.2, -0.15) is 0 Å². The molecule has 0 spiro atoms. The molecule has 2 heteroatoms. The van der Waals surface area contributed by atoms with Gasteiger partial charge in [0.05, 0.1) is 5.60 Å². The summed E-state index contributed by atoms with van der Waals surface area (Å²) in [5, 5.41) is 13.8. The van der Waals surface area contributed by atoms with Gasteiger partial charge >= 0.3 is 0 Å². The lowest BCUT2D eigenvalue weighted by atomic mass is 9.90. The maximum absolute atomic E-state index is 10.4. The summed E-state index contributed by atoms with van der Waals surface area (Å²) in [4.78, 5) is 0. The molecule has 0 saturated heterocycles. The van der Waals surface area contributed by atoms with E-state index in [1.165, 1.54) is 10.1 Å². The molecular weight excluding hydrogens is 204 g/mol. The molecule has 1 N–H and O–H groups in total. The number of benzene rings is 1. The number of rotatable bonds is 2. The van der Waals surface area contributed by atoms with Crippen LogP contribution in [0.5, 0.6) is 0 Å². The summed E-state index contributed by atoms with van der Waals surface area (Å²) in [6, 6.07) is 8.43. The van der Waals surface area contributed by atoms with Gasteiger partial charge in [0.1, 0.15) is 0 Å². The first kappa shape index (κ1) is 9.37. The second-order valence-electron chi connectivity index (χ2n) is 4.60. The lowest BCUT2D eigenvalue weighted by Crippen LogP contribution is -2.23. The maximum atomic E-state index is 10.4. The molecule has 1 aromatic heterocycles. The smallest absolute Gasteiger partial charge is 0.0896 e. The van der Waals surface area contributed by atoms with Crippen LogP contribution in [0.2, 0.25) is 0 Å². The van der Waals surface area contributed by atoms with E-state index in [1.54, 1.807) is 11.3 Å². The highest BCUT2D eigenvalue weighted by Crippen LogP contribution is 2.45. The Morgan fingerprint density at radius 1 is 1.33 bits per heavy atom. The Labute approximate surface area is 93.4 Å². The number of thiophene rings is 1. The summed E-state index contributed by atoms with van der Waals surface area (Å²) >= 11 is 1.75. The largest absolute Gasteiger partial charge is 0.385 e. The molecule has 1 fully saturated rings. The van der Waals surface area contributed by atoms with Crippen LogP contribution < -0.4 is 0 Å². The topological polar surface area (TPSA) is 20.2 Å². The minimum atomic E-state index is -0.629. The Balaban J connectivity index is 2.09. The van der Waals surface area contributed by atoms with Gasteiger partial charge < -0.3 is 5.11 Å². The Bertz CT molecular complexity index is 494. The van der Waals surface area contributed by atoms with E-state index < -0.39 is 5.60 Å². The first-order chi connectivity index (χ1) is 7.18. The van der Waals surface area contributed by atoms with Crippen molar-refractivity contribution < 1.29 is 5.11 Å². The van der Waals surface area contributed by atoms with Crippen molar-refractivity contribution in [1.82, 2.24) is 0 Å². The fourth-order valence-corrected chi connectivity index (χ4v) is 2.93. The van der Waals surface area contributed by atoms with Gasteiger partial charge in [-0.25, -0.2) is 0 Å². The second kappa shape index (κ2) is 3.06. The number of fused-ring (bicyclic) bond motifs is 1. The van der Waals surface area contributed by atoms with Crippen molar-refractivity contribution in [2.75, 3.05) is 0 Å². The van der Waals surface area contributed by atoms with E-state index in [4.69, 9.17) is 0 Å². The van der Waals surface area contributed by atoms with Gasteiger partial charge in [0.25, 0.3) is 0 Å². The Morgan fingerprint density at radius 3 is 2.87 bits per heavy atom. The average Bonchev–Trinajstić information content (AvgIpc) is 2.97. The fourth-order valence-electron chi connectivity index (χ4n) is 2.16. The minimum Gasteiger partial charge on any atom is -0.385 e.